The Hall–Kier alpha value is -0.870. The molecular formula is C13H19NO3. The zero-order chi connectivity index (χ0) is 12.0. The van der Waals surface area contributed by atoms with Crippen LogP contribution in [-0.4, -0.2) is 48.3 Å². The van der Waals surface area contributed by atoms with E-state index in [9.17, 15) is 9.90 Å². The van der Waals surface area contributed by atoms with Gasteiger partial charge in [-0.1, -0.05) is 12.2 Å². The van der Waals surface area contributed by atoms with Crippen LogP contribution in [0.2, 0.25) is 0 Å². The van der Waals surface area contributed by atoms with Crippen molar-refractivity contribution in [3.8, 4) is 0 Å². The number of amides is 1. The third-order valence-corrected chi connectivity index (χ3v) is 4.46. The lowest BCUT2D eigenvalue weighted by Gasteiger charge is -2.30. The van der Waals surface area contributed by atoms with Gasteiger partial charge in [-0.2, -0.15) is 0 Å². The fourth-order valence-electron chi connectivity index (χ4n) is 3.39. The van der Waals surface area contributed by atoms with E-state index in [-0.39, 0.29) is 17.9 Å². The van der Waals surface area contributed by atoms with Crippen LogP contribution in [0.15, 0.2) is 12.2 Å². The molecule has 3 aliphatic rings. The summed E-state index contributed by atoms with van der Waals surface area (Å²) in [5.74, 6) is 1.33. The van der Waals surface area contributed by atoms with E-state index < -0.39 is 6.10 Å². The molecule has 17 heavy (non-hydrogen) atoms. The van der Waals surface area contributed by atoms with Crippen LogP contribution in [-0.2, 0) is 9.53 Å². The number of aliphatic hydroxyl groups excluding tert-OH is 1. The minimum absolute atomic E-state index is 0.128. The van der Waals surface area contributed by atoms with E-state index in [1.54, 1.807) is 11.9 Å². The van der Waals surface area contributed by atoms with Crippen LogP contribution in [0.25, 0.3) is 0 Å². The lowest BCUT2D eigenvalue weighted by molar-refractivity contribution is -0.138. The number of allylic oxidation sites excluding steroid dienone is 2. The molecule has 2 fully saturated rings. The van der Waals surface area contributed by atoms with E-state index in [2.05, 4.69) is 12.2 Å². The van der Waals surface area contributed by atoms with Gasteiger partial charge in [-0.15, -0.1) is 0 Å². The minimum Gasteiger partial charge on any atom is -0.388 e. The number of nitrogens with zero attached hydrogens (tertiary/aromatic N) is 1. The van der Waals surface area contributed by atoms with E-state index in [1.807, 2.05) is 0 Å². The van der Waals surface area contributed by atoms with E-state index in [0.29, 0.717) is 25.0 Å². The molecule has 94 valence electrons. The van der Waals surface area contributed by atoms with Gasteiger partial charge in [0.2, 0.25) is 5.91 Å². The summed E-state index contributed by atoms with van der Waals surface area (Å²) in [6.07, 6.45) is 6.01. The molecule has 1 N–H and O–H groups in total. The average Bonchev–Trinajstić information content (AvgIpc) is 3.02. The van der Waals surface area contributed by atoms with E-state index in [1.165, 1.54) is 0 Å². The van der Waals surface area contributed by atoms with Crippen molar-refractivity contribution < 1.29 is 14.6 Å². The number of rotatable bonds is 2. The first-order chi connectivity index (χ1) is 8.16. The maximum atomic E-state index is 12.4. The average molecular weight is 237 g/mol. The van der Waals surface area contributed by atoms with Gasteiger partial charge in [0.05, 0.1) is 25.4 Å². The fourth-order valence-corrected chi connectivity index (χ4v) is 3.39. The molecule has 3 rings (SSSR count). The Morgan fingerprint density at radius 3 is 2.71 bits per heavy atom. The Kier molecular flexibility index (Phi) is 2.71. The quantitative estimate of drug-likeness (QED) is 0.708. The molecule has 1 amide bonds. The summed E-state index contributed by atoms with van der Waals surface area (Å²) < 4.78 is 5.21. The highest BCUT2D eigenvalue weighted by atomic mass is 16.5. The predicted molar refractivity (Wildman–Crippen MR) is 62.2 cm³/mol. The molecule has 1 saturated carbocycles. The first-order valence-corrected chi connectivity index (χ1v) is 6.37. The molecule has 2 bridgehead atoms. The van der Waals surface area contributed by atoms with Crippen LogP contribution in [0, 0.1) is 17.8 Å². The van der Waals surface area contributed by atoms with Crippen LogP contribution in [0.1, 0.15) is 12.8 Å². The maximum Gasteiger partial charge on any atom is 0.226 e. The number of hydrogen-bond donors (Lipinski definition) is 1. The molecule has 1 aliphatic heterocycles. The van der Waals surface area contributed by atoms with Crippen LogP contribution < -0.4 is 0 Å². The molecular weight excluding hydrogens is 218 g/mol. The molecule has 0 spiro atoms. The monoisotopic (exact) mass is 237 g/mol. The van der Waals surface area contributed by atoms with Crippen molar-refractivity contribution >= 4 is 5.91 Å². The van der Waals surface area contributed by atoms with E-state index >= 15 is 0 Å². The van der Waals surface area contributed by atoms with Gasteiger partial charge in [-0.05, 0) is 24.7 Å². The number of carbonyl (C=O) groups is 1. The van der Waals surface area contributed by atoms with Gasteiger partial charge in [0.15, 0.2) is 0 Å². The van der Waals surface area contributed by atoms with E-state index in [0.717, 1.165) is 12.8 Å². The molecule has 5 atom stereocenters. The van der Waals surface area contributed by atoms with E-state index in [4.69, 9.17) is 4.74 Å². The summed E-state index contributed by atoms with van der Waals surface area (Å²) in [5, 5.41) is 9.75. The summed E-state index contributed by atoms with van der Waals surface area (Å²) in [4.78, 5) is 14.1. The number of fused-ring (bicyclic) bond motifs is 2. The summed E-state index contributed by atoms with van der Waals surface area (Å²) in [6.45, 7) is 0.805. The van der Waals surface area contributed by atoms with Gasteiger partial charge in [0.1, 0.15) is 0 Å². The summed E-state index contributed by atoms with van der Waals surface area (Å²) in [7, 11) is 1.79. The standard InChI is InChI=1S/C13H19NO3/c1-14(11-6-17-7-12(11)15)13(16)10-5-8-2-3-9(10)4-8/h2-3,8-12,15H,4-7H2,1H3. The van der Waals surface area contributed by atoms with Crippen LogP contribution >= 0.6 is 0 Å². The molecule has 1 heterocycles. The highest BCUT2D eigenvalue weighted by Gasteiger charge is 2.43. The van der Waals surface area contributed by atoms with Gasteiger partial charge in [0.25, 0.3) is 0 Å². The van der Waals surface area contributed by atoms with Gasteiger partial charge >= 0.3 is 0 Å². The number of carbonyl (C=O) groups excluding carboxylic acids is 1. The molecule has 4 heteroatoms. The van der Waals surface area contributed by atoms with Gasteiger partial charge < -0.3 is 14.7 Å². The maximum absolute atomic E-state index is 12.4. The number of aliphatic hydroxyl groups is 1. The SMILES string of the molecule is CN(C(=O)C1CC2C=CC1C2)C1COCC1O. The Morgan fingerprint density at radius 1 is 1.35 bits per heavy atom. The Balaban J connectivity index is 1.68. The smallest absolute Gasteiger partial charge is 0.226 e. The van der Waals surface area contributed by atoms with Crippen LogP contribution in [0.4, 0.5) is 0 Å². The third kappa shape index (κ3) is 1.79. The van der Waals surface area contributed by atoms with Crippen molar-refractivity contribution in [3.05, 3.63) is 12.2 Å². The first kappa shape index (κ1) is 11.2. The number of hydrogen-bond acceptors (Lipinski definition) is 3. The Bertz CT molecular complexity index is 355. The minimum atomic E-state index is -0.530. The molecule has 4 nitrogen and oxygen atoms in total. The second-order valence-corrected chi connectivity index (χ2v) is 5.51. The topological polar surface area (TPSA) is 49.8 Å². The largest absolute Gasteiger partial charge is 0.388 e. The van der Waals surface area contributed by atoms with Gasteiger partial charge in [0, 0.05) is 13.0 Å². The molecule has 1 saturated heterocycles. The molecule has 0 aromatic heterocycles. The lowest BCUT2D eigenvalue weighted by Crippen LogP contribution is -2.47. The van der Waals surface area contributed by atoms with Crippen molar-refractivity contribution in [2.45, 2.75) is 25.0 Å². The van der Waals surface area contributed by atoms with Crippen molar-refractivity contribution in [2.75, 3.05) is 20.3 Å². The second kappa shape index (κ2) is 4.10. The highest BCUT2D eigenvalue weighted by molar-refractivity contribution is 5.80. The zero-order valence-electron chi connectivity index (χ0n) is 10.1. The van der Waals surface area contributed by atoms with Crippen molar-refractivity contribution in [2.24, 2.45) is 17.8 Å². The molecule has 2 aliphatic carbocycles. The molecule has 5 unspecified atom stereocenters. The van der Waals surface area contributed by atoms with Crippen molar-refractivity contribution in [1.82, 2.24) is 4.90 Å². The molecule has 0 aromatic carbocycles. The predicted octanol–water partition coefficient (Wildman–Crippen LogP) is 0.417. The normalized spacial score (nSPS) is 43.3. The summed E-state index contributed by atoms with van der Waals surface area (Å²) in [6, 6.07) is -0.161. The lowest BCUT2D eigenvalue weighted by atomic mass is 9.92. The number of likely N-dealkylation sites (N-methyl/N-ethyl adjacent to an activating group) is 1. The van der Waals surface area contributed by atoms with Crippen LogP contribution in [0.3, 0.4) is 0 Å². The number of ether oxygens (including phenoxy) is 1. The first-order valence-electron chi connectivity index (χ1n) is 6.37. The molecule has 0 radical (unpaired) electrons. The summed E-state index contributed by atoms with van der Waals surface area (Å²) in [5.41, 5.74) is 0. The van der Waals surface area contributed by atoms with Crippen molar-refractivity contribution in [1.29, 1.82) is 0 Å². The van der Waals surface area contributed by atoms with Crippen LogP contribution in [0.5, 0.6) is 0 Å². The van der Waals surface area contributed by atoms with Gasteiger partial charge in [-0.3, -0.25) is 4.79 Å². The second-order valence-electron chi connectivity index (χ2n) is 5.51. The van der Waals surface area contributed by atoms with Crippen molar-refractivity contribution in [3.63, 3.8) is 0 Å². The van der Waals surface area contributed by atoms with Gasteiger partial charge in [-0.25, -0.2) is 0 Å². The molecule has 0 aromatic rings. The Labute approximate surface area is 101 Å². The third-order valence-electron chi connectivity index (χ3n) is 4.46. The Morgan fingerprint density at radius 2 is 2.18 bits per heavy atom. The fraction of sp³-hybridized carbons (Fsp3) is 0.769. The highest BCUT2D eigenvalue weighted by Crippen LogP contribution is 2.44. The summed E-state index contributed by atoms with van der Waals surface area (Å²) >= 11 is 0. The zero-order valence-corrected chi connectivity index (χ0v) is 10.1.